The SMILES string of the molecule is C#CCOc1cc(CC[C@H](OC(=O)[C@H]2CCCCN2)c2cccc(OC)c2)ccc1OC. The first kappa shape index (κ1) is 23.5. The highest BCUT2D eigenvalue weighted by molar-refractivity contribution is 5.76. The smallest absolute Gasteiger partial charge is 0.323 e. The number of nitrogens with one attached hydrogen (secondary N) is 1. The van der Waals surface area contributed by atoms with Crippen molar-refractivity contribution in [2.24, 2.45) is 0 Å². The van der Waals surface area contributed by atoms with Gasteiger partial charge in [0.1, 0.15) is 24.5 Å². The molecule has 1 aliphatic rings. The van der Waals surface area contributed by atoms with Crippen LogP contribution in [0.5, 0.6) is 17.2 Å². The van der Waals surface area contributed by atoms with E-state index in [0.717, 1.165) is 42.7 Å². The monoisotopic (exact) mass is 437 g/mol. The molecule has 0 unspecified atom stereocenters. The number of benzene rings is 2. The van der Waals surface area contributed by atoms with Gasteiger partial charge in [0.25, 0.3) is 0 Å². The number of terminal acetylenes is 1. The fraction of sp³-hybridized carbons (Fsp3) is 0.423. The molecule has 0 aliphatic carbocycles. The van der Waals surface area contributed by atoms with E-state index in [1.807, 2.05) is 42.5 Å². The lowest BCUT2D eigenvalue weighted by atomic mass is 10.00. The lowest BCUT2D eigenvalue weighted by Crippen LogP contribution is -2.41. The average Bonchev–Trinajstić information content (AvgIpc) is 2.85. The number of aryl methyl sites for hydroxylation is 1. The van der Waals surface area contributed by atoms with E-state index >= 15 is 0 Å². The molecule has 2 atom stereocenters. The van der Waals surface area contributed by atoms with Crippen LogP contribution in [0.1, 0.15) is 42.9 Å². The summed E-state index contributed by atoms with van der Waals surface area (Å²) in [5, 5.41) is 3.27. The molecule has 1 N–H and O–H groups in total. The van der Waals surface area contributed by atoms with E-state index in [1.165, 1.54) is 0 Å². The van der Waals surface area contributed by atoms with Crippen LogP contribution in [0, 0.1) is 12.3 Å². The molecule has 0 amide bonds. The summed E-state index contributed by atoms with van der Waals surface area (Å²) in [7, 11) is 3.22. The van der Waals surface area contributed by atoms with Crippen LogP contribution in [0.25, 0.3) is 0 Å². The first-order valence-electron chi connectivity index (χ1n) is 11.0. The van der Waals surface area contributed by atoms with Gasteiger partial charge in [-0.15, -0.1) is 6.42 Å². The molecule has 0 aromatic heterocycles. The molecular formula is C26H31NO5. The van der Waals surface area contributed by atoms with Gasteiger partial charge >= 0.3 is 5.97 Å². The molecule has 1 saturated heterocycles. The fourth-order valence-electron chi connectivity index (χ4n) is 3.82. The maximum atomic E-state index is 12.8. The Kier molecular flexibility index (Phi) is 8.82. The van der Waals surface area contributed by atoms with Crippen molar-refractivity contribution in [1.29, 1.82) is 0 Å². The molecule has 0 bridgehead atoms. The Bertz CT molecular complexity index is 930. The van der Waals surface area contributed by atoms with E-state index in [1.54, 1.807) is 14.2 Å². The summed E-state index contributed by atoms with van der Waals surface area (Å²) in [6.07, 6.45) is 9.15. The zero-order valence-electron chi connectivity index (χ0n) is 18.8. The normalized spacial score (nSPS) is 16.5. The molecule has 6 nitrogen and oxygen atoms in total. The predicted octanol–water partition coefficient (Wildman–Crippen LogP) is 4.08. The number of carbonyl (C=O) groups is 1. The Hall–Kier alpha value is -3.17. The summed E-state index contributed by atoms with van der Waals surface area (Å²) >= 11 is 0. The highest BCUT2D eigenvalue weighted by Crippen LogP contribution is 2.31. The van der Waals surface area contributed by atoms with Crippen molar-refractivity contribution < 1.29 is 23.7 Å². The van der Waals surface area contributed by atoms with Crippen LogP contribution >= 0.6 is 0 Å². The van der Waals surface area contributed by atoms with E-state index in [0.29, 0.717) is 24.3 Å². The molecule has 1 fully saturated rings. The van der Waals surface area contributed by atoms with Crippen LogP contribution in [-0.2, 0) is 16.0 Å². The van der Waals surface area contributed by atoms with Gasteiger partial charge in [-0.2, -0.15) is 0 Å². The van der Waals surface area contributed by atoms with Crippen LogP contribution in [0.3, 0.4) is 0 Å². The van der Waals surface area contributed by atoms with Crippen LogP contribution in [0.2, 0.25) is 0 Å². The first-order valence-corrected chi connectivity index (χ1v) is 11.0. The topological polar surface area (TPSA) is 66.0 Å². The Morgan fingerprint density at radius 2 is 2.03 bits per heavy atom. The number of piperidine rings is 1. The number of esters is 1. The molecule has 0 spiro atoms. The summed E-state index contributed by atoms with van der Waals surface area (Å²) in [5.74, 6) is 4.23. The number of ether oxygens (including phenoxy) is 4. The quantitative estimate of drug-likeness (QED) is 0.446. The van der Waals surface area contributed by atoms with E-state index in [4.69, 9.17) is 25.4 Å². The van der Waals surface area contributed by atoms with Gasteiger partial charge in [0.2, 0.25) is 0 Å². The number of hydrogen-bond acceptors (Lipinski definition) is 6. The Morgan fingerprint density at radius 3 is 2.75 bits per heavy atom. The van der Waals surface area contributed by atoms with E-state index in [-0.39, 0.29) is 18.6 Å². The zero-order chi connectivity index (χ0) is 22.8. The molecule has 170 valence electrons. The van der Waals surface area contributed by atoms with Crippen LogP contribution in [0.4, 0.5) is 0 Å². The summed E-state index contributed by atoms with van der Waals surface area (Å²) in [6, 6.07) is 13.2. The number of methoxy groups -OCH3 is 2. The van der Waals surface area contributed by atoms with Crippen LogP contribution in [-0.4, -0.2) is 39.4 Å². The highest BCUT2D eigenvalue weighted by atomic mass is 16.5. The third kappa shape index (κ3) is 6.41. The summed E-state index contributed by atoms with van der Waals surface area (Å²) in [5.41, 5.74) is 1.95. The molecular weight excluding hydrogens is 406 g/mol. The van der Waals surface area contributed by atoms with Crippen molar-refractivity contribution in [2.45, 2.75) is 44.2 Å². The van der Waals surface area contributed by atoms with Crippen LogP contribution in [0.15, 0.2) is 42.5 Å². The average molecular weight is 438 g/mol. The van der Waals surface area contributed by atoms with Gasteiger partial charge in [0.15, 0.2) is 11.5 Å². The van der Waals surface area contributed by atoms with Crippen LogP contribution < -0.4 is 19.5 Å². The maximum Gasteiger partial charge on any atom is 0.323 e. The van der Waals surface area contributed by atoms with Crippen molar-refractivity contribution in [3.8, 4) is 29.6 Å². The lowest BCUT2D eigenvalue weighted by Gasteiger charge is -2.25. The van der Waals surface area contributed by atoms with E-state index < -0.39 is 6.10 Å². The first-order chi connectivity index (χ1) is 15.6. The molecule has 3 rings (SSSR count). The molecule has 2 aromatic rings. The molecule has 1 heterocycles. The standard InChI is InChI=1S/C26H31NO5/c1-4-16-31-25-17-19(12-14-24(25)30-3)11-13-23(20-8-7-9-21(18-20)29-2)32-26(28)22-10-5-6-15-27-22/h1,7-9,12,14,17-18,22-23,27H,5-6,10-11,13,15-16H2,2-3H3/t22-,23+/m1/s1. The maximum absolute atomic E-state index is 12.8. The molecule has 1 aliphatic heterocycles. The van der Waals surface area contributed by atoms with Crippen molar-refractivity contribution in [2.75, 3.05) is 27.4 Å². The number of carbonyl (C=O) groups excluding carboxylic acids is 1. The van der Waals surface area contributed by atoms with Crippen molar-refractivity contribution in [1.82, 2.24) is 5.32 Å². The molecule has 0 saturated carbocycles. The third-order valence-electron chi connectivity index (χ3n) is 5.55. The summed E-state index contributed by atoms with van der Waals surface area (Å²) in [6.45, 7) is 1.01. The Balaban J connectivity index is 1.76. The van der Waals surface area contributed by atoms with Crippen molar-refractivity contribution >= 4 is 5.97 Å². The number of hydrogen-bond donors (Lipinski definition) is 1. The van der Waals surface area contributed by atoms with Gasteiger partial charge in [-0.3, -0.25) is 4.79 Å². The minimum absolute atomic E-state index is 0.165. The fourth-order valence-corrected chi connectivity index (χ4v) is 3.82. The largest absolute Gasteiger partial charge is 0.497 e. The molecule has 6 heteroatoms. The van der Waals surface area contributed by atoms with E-state index in [9.17, 15) is 4.79 Å². The van der Waals surface area contributed by atoms with Gasteiger partial charge in [0, 0.05) is 0 Å². The zero-order valence-corrected chi connectivity index (χ0v) is 18.8. The van der Waals surface area contributed by atoms with Gasteiger partial charge in [-0.25, -0.2) is 0 Å². The number of rotatable bonds is 10. The summed E-state index contributed by atoms with van der Waals surface area (Å²) < 4.78 is 22.3. The Labute approximate surface area is 190 Å². The minimum Gasteiger partial charge on any atom is -0.497 e. The second-order valence-electron chi connectivity index (χ2n) is 7.72. The van der Waals surface area contributed by atoms with Gasteiger partial charge < -0.3 is 24.3 Å². The second kappa shape index (κ2) is 12.0. The summed E-state index contributed by atoms with van der Waals surface area (Å²) in [4.78, 5) is 12.8. The lowest BCUT2D eigenvalue weighted by molar-refractivity contribution is -0.153. The third-order valence-corrected chi connectivity index (χ3v) is 5.55. The molecule has 2 aromatic carbocycles. The predicted molar refractivity (Wildman–Crippen MR) is 123 cm³/mol. The molecule has 0 radical (unpaired) electrons. The minimum atomic E-state index is -0.390. The van der Waals surface area contributed by atoms with Gasteiger partial charge in [0.05, 0.1) is 14.2 Å². The van der Waals surface area contributed by atoms with Gasteiger partial charge in [-0.1, -0.05) is 30.5 Å². The Morgan fingerprint density at radius 1 is 1.16 bits per heavy atom. The van der Waals surface area contributed by atoms with Gasteiger partial charge in [-0.05, 0) is 67.6 Å². The van der Waals surface area contributed by atoms with Crippen molar-refractivity contribution in [3.63, 3.8) is 0 Å². The van der Waals surface area contributed by atoms with Crippen molar-refractivity contribution in [3.05, 3.63) is 53.6 Å². The second-order valence-corrected chi connectivity index (χ2v) is 7.72. The highest BCUT2D eigenvalue weighted by Gasteiger charge is 2.26. The van der Waals surface area contributed by atoms with E-state index in [2.05, 4.69) is 11.2 Å². The molecule has 32 heavy (non-hydrogen) atoms.